The van der Waals surface area contributed by atoms with Gasteiger partial charge in [0, 0.05) is 34.1 Å². The third-order valence-corrected chi connectivity index (χ3v) is 5.28. The van der Waals surface area contributed by atoms with Crippen molar-refractivity contribution < 1.29 is 5.11 Å². The van der Waals surface area contributed by atoms with Crippen molar-refractivity contribution in [2.45, 2.75) is 45.1 Å². The molecule has 20 heavy (non-hydrogen) atoms. The molecule has 1 aliphatic rings. The third kappa shape index (κ3) is 3.97. The van der Waals surface area contributed by atoms with E-state index in [-0.39, 0.29) is 18.1 Å². The molecule has 2 N–H and O–H groups in total. The van der Waals surface area contributed by atoms with Crippen LogP contribution >= 0.6 is 27.5 Å². The second-order valence-corrected chi connectivity index (χ2v) is 7.31. The molecule has 0 radical (unpaired) electrons. The highest BCUT2D eigenvalue weighted by Crippen LogP contribution is 2.36. The molecule has 1 atom stereocenters. The highest BCUT2D eigenvalue weighted by atomic mass is 79.9. The van der Waals surface area contributed by atoms with Crippen molar-refractivity contribution in [2.75, 3.05) is 13.2 Å². The highest BCUT2D eigenvalue weighted by Gasteiger charge is 2.31. The van der Waals surface area contributed by atoms with E-state index in [0.717, 1.165) is 34.4 Å². The van der Waals surface area contributed by atoms with Gasteiger partial charge in [-0.3, -0.25) is 0 Å². The normalized spacial score (nSPS) is 19.8. The zero-order valence-electron chi connectivity index (χ0n) is 12.0. The Labute approximate surface area is 135 Å². The Morgan fingerprint density at radius 3 is 2.65 bits per heavy atom. The third-order valence-electron chi connectivity index (χ3n) is 4.46. The number of hydrogen-bond donors (Lipinski definition) is 2. The predicted octanol–water partition coefficient (Wildman–Crippen LogP) is 4.70. The number of aliphatic hydroxyl groups is 1. The molecule has 0 spiro atoms. The van der Waals surface area contributed by atoms with Gasteiger partial charge in [-0.2, -0.15) is 0 Å². The van der Waals surface area contributed by atoms with Crippen LogP contribution in [-0.4, -0.2) is 18.3 Å². The van der Waals surface area contributed by atoms with Crippen LogP contribution in [-0.2, 0) is 0 Å². The van der Waals surface area contributed by atoms with Gasteiger partial charge in [0.05, 0.1) is 0 Å². The first kappa shape index (κ1) is 16.3. The summed E-state index contributed by atoms with van der Waals surface area (Å²) in [6, 6.07) is 6.19. The zero-order valence-corrected chi connectivity index (χ0v) is 14.3. The van der Waals surface area contributed by atoms with E-state index in [0.29, 0.717) is 0 Å². The molecule has 1 fully saturated rings. The first-order valence-electron chi connectivity index (χ1n) is 7.35. The summed E-state index contributed by atoms with van der Waals surface area (Å²) in [7, 11) is 0. The Morgan fingerprint density at radius 2 is 2.05 bits per heavy atom. The van der Waals surface area contributed by atoms with Gasteiger partial charge in [0.25, 0.3) is 0 Å². The van der Waals surface area contributed by atoms with Gasteiger partial charge < -0.3 is 10.4 Å². The van der Waals surface area contributed by atoms with Gasteiger partial charge in [-0.25, -0.2) is 0 Å². The summed E-state index contributed by atoms with van der Waals surface area (Å²) in [6.07, 6.45) is 6.01. The molecule has 2 nitrogen and oxygen atoms in total. The quantitative estimate of drug-likeness (QED) is 0.798. The molecule has 1 aromatic carbocycles. The van der Waals surface area contributed by atoms with E-state index in [1.54, 1.807) is 0 Å². The molecule has 1 unspecified atom stereocenters. The van der Waals surface area contributed by atoms with Gasteiger partial charge in [0.2, 0.25) is 0 Å². The van der Waals surface area contributed by atoms with Gasteiger partial charge >= 0.3 is 0 Å². The standard InChI is InChI=1S/C16H23BrClNO/c1-12(14-6-5-13(17)9-15(14)18)19-10-16(11-20)7-3-2-4-8-16/h5-6,9,12,19-20H,2-4,7-8,10-11H2,1H3. The van der Waals surface area contributed by atoms with Crippen molar-refractivity contribution in [3.63, 3.8) is 0 Å². The maximum Gasteiger partial charge on any atom is 0.0499 e. The summed E-state index contributed by atoms with van der Waals surface area (Å²) in [4.78, 5) is 0. The van der Waals surface area contributed by atoms with E-state index in [1.807, 2.05) is 12.1 Å². The van der Waals surface area contributed by atoms with E-state index < -0.39 is 0 Å². The second-order valence-electron chi connectivity index (χ2n) is 5.99. The van der Waals surface area contributed by atoms with Gasteiger partial charge in [-0.05, 0) is 37.5 Å². The second kappa shape index (κ2) is 7.26. The van der Waals surface area contributed by atoms with Crippen LogP contribution in [0.3, 0.4) is 0 Å². The van der Waals surface area contributed by atoms with Crippen LogP contribution in [0.5, 0.6) is 0 Å². The number of rotatable bonds is 5. The fraction of sp³-hybridized carbons (Fsp3) is 0.625. The molecule has 0 aliphatic heterocycles. The fourth-order valence-corrected chi connectivity index (χ4v) is 3.86. The largest absolute Gasteiger partial charge is 0.396 e. The highest BCUT2D eigenvalue weighted by molar-refractivity contribution is 9.10. The predicted molar refractivity (Wildman–Crippen MR) is 88.2 cm³/mol. The Hall–Kier alpha value is -0.0900. The summed E-state index contributed by atoms with van der Waals surface area (Å²) in [6.45, 7) is 3.26. The molecular weight excluding hydrogens is 338 g/mol. The Balaban J connectivity index is 1.98. The lowest BCUT2D eigenvalue weighted by atomic mass is 9.74. The molecule has 0 bridgehead atoms. The smallest absolute Gasteiger partial charge is 0.0499 e. The molecule has 0 aromatic heterocycles. The molecule has 0 saturated heterocycles. The summed E-state index contributed by atoms with van der Waals surface area (Å²) in [5, 5.41) is 14.1. The van der Waals surface area contributed by atoms with E-state index in [1.165, 1.54) is 19.3 Å². The molecule has 2 rings (SSSR count). The fourth-order valence-electron chi connectivity index (χ4n) is 3.02. The number of halogens is 2. The Bertz CT molecular complexity index is 446. The van der Waals surface area contributed by atoms with Gasteiger partial charge in [-0.15, -0.1) is 0 Å². The number of benzene rings is 1. The number of nitrogens with one attached hydrogen (secondary N) is 1. The first-order chi connectivity index (χ1) is 9.56. The first-order valence-corrected chi connectivity index (χ1v) is 8.53. The summed E-state index contributed by atoms with van der Waals surface area (Å²) < 4.78 is 0.998. The molecule has 112 valence electrons. The lowest BCUT2D eigenvalue weighted by Gasteiger charge is -2.37. The van der Waals surface area contributed by atoms with E-state index in [9.17, 15) is 5.11 Å². The van der Waals surface area contributed by atoms with Crippen molar-refractivity contribution in [3.05, 3.63) is 33.3 Å². The van der Waals surface area contributed by atoms with Crippen LogP contribution < -0.4 is 5.32 Å². The molecule has 1 aliphatic carbocycles. The van der Waals surface area contributed by atoms with Crippen molar-refractivity contribution in [2.24, 2.45) is 5.41 Å². The molecule has 0 amide bonds. The maximum absolute atomic E-state index is 9.74. The summed E-state index contributed by atoms with van der Waals surface area (Å²) in [5.41, 5.74) is 1.17. The van der Waals surface area contributed by atoms with Crippen LogP contribution in [0.15, 0.2) is 22.7 Å². The van der Waals surface area contributed by atoms with E-state index in [4.69, 9.17) is 11.6 Å². The minimum atomic E-state index is 0.0638. The molecule has 0 heterocycles. The van der Waals surface area contributed by atoms with Crippen molar-refractivity contribution in [1.82, 2.24) is 5.32 Å². The maximum atomic E-state index is 9.74. The Morgan fingerprint density at radius 1 is 1.35 bits per heavy atom. The average molecular weight is 361 g/mol. The average Bonchev–Trinajstić information content (AvgIpc) is 2.46. The molecule has 1 aromatic rings. The van der Waals surface area contributed by atoms with Crippen LogP contribution in [0.4, 0.5) is 0 Å². The summed E-state index contributed by atoms with van der Waals surface area (Å²) >= 11 is 9.72. The van der Waals surface area contributed by atoms with Crippen molar-refractivity contribution in [1.29, 1.82) is 0 Å². The van der Waals surface area contributed by atoms with Gasteiger partial charge in [0.1, 0.15) is 0 Å². The van der Waals surface area contributed by atoms with Crippen molar-refractivity contribution in [3.8, 4) is 0 Å². The number of aliphatic hydroxyl groups excluding tert-OH is 1. The van der Waals surface area contributed by atoms with Gasteiger partial charge in [0.15, 0.2) is 0 Å². The monoisotopic (exact) mass is 359 g/mol. The lowest BCUT2D eigenvalue weighted by Crippen LogP contribution is -2.40. The van der Waals surface area contributed by atoms with Crippen LogP contribution in [0.2, 0.25) is 5.02 Å². The lowest BCUT2D eigenvalue weighted by molar-refractivity contribution is 0.0789. The van der Waals surface area contributed by atoms with Crippen LogP contribution in [0.25, 0.3) is 0 Å². The molecule has 4 heteroatoms. The minimum absolute atomic E-state index is 0.0638. The van der Waals surface area contributed by atoms with Crippen molar-refractivity contribution >= 4 is 27.5 Å². The minimum Gasteiger partial charge on any atom is -0.396 e. The number of hydrogen-bond acceptors (Lipinski definition) is 2. The summed E-state index contributed by atoms with van der Waals surface area (Å²) in [5.74, 6) is 0. The van der Waals surface area contributed by atoms with Crippen LogP contribution in [0, 0.1) is 5.41 Å². The SMILES string of the molecule is CC(NCC1(CO)CCCCC1)c1ccc(Br)cc1Cl. The van der Waals surface area contributed by atoms with Crippen LogP contribution in [0.1, 0.15) is 50.6 Å². The Kier molecular flexibility index (Phi) is 5.91. The zero-order chi connectivity index (χ0) is 14.6. The molecular formula is C16H23BrClNO. The van der Waals surface area contributed by atoms with E-state index in [2.05, 4.69) is 34.2 Å². The van der Waals surface area contributed by atoms with E-state index >= 15 is 0 Å². The molecule has 1 saturated carbocycles. The topological polar surface area (TPSA) is 32.3 Å². The van der Waals surface area contributed by atoms with Gasteiger partial charge in [-0.1, -0.05) is 52.9 Å².